The molecule has 0 atom stereocenters. The number of rotatable bonds is 4. The van der Waals surface area contributed by atoms with Crippen LogP contribution >= 0.6 is 0 Å². The summed E-state index contributed by atoms with van der Waals surface area (Å²) in [4.78, 5) is 11.6. The molecule has 0 aromatic heterocycles. The van der Waals surface area contributed by atoms with Crippen LogP contribution in [0.15, 0.2) is 36.4 Å². The molecule has 1 aliphatic heterocycles. The Balaban J connectivity index is 2.03. The first kappa shape index (κ1) is 16.4. The summed E-state index contributed by atoms with van der Waals surface area (Å²) >= 11 is 0. The van der Waals surface area contributed by atoms with Crippen molar-refractivity contribution in [3.05, 3.63) is 42.0 Å². The molecule has 0 saturated heterocycles. The number of amides is 1. The Morgan fingerprint density at radius 2 is 1.88 bits per heavy atom. The minimum Gasteiger partial charge on any atom is -0.496 e. The summed E-state index contributed by atoms with van der Waals surface area (Å²) < 4.78 is 11.6. The number of benzene rings is 2. The van der Waals surface area contributed by atoms with E-state index in [2.05, 4.69) is 26.1 Å². The molecule has 1 amide bonds. The van der Waals surface area contributed by atoms with Crippen molar-refractivity contribution in [2.75, 3.05) is 19.0 Å². The molecule has 126 valence electrons. The molecule has 2 aromatic carbocycles. The first-order chi connectivity index (χ1) is 11.4. The molecule has 24 heavy (non-hydrogen) atoms. The van der Waals surface area contributed by atoms with E-state index in [1.807, 2.05) is 36.4 Å². The zero-order valence-electron chi connectivity index (χ0n) is 14.6. The SMILES string of the molecule is COc1cccc(OCC(C)(C)C)c1-c1ccc2c(c1)CC(=O)N2. The van der Waals surface area contributed by atoms with Crippen LogP contribution in [0.5, 0.6) is 11.5 Å². The predicted molar refractivity (Wildman–Crippen MR) is 95.7 cm³/mol. The maximum absolute atomic E-state index is 11.6. The van der Waals surface area contributed by atoms with Gasteiger partial charge in [0.15, 0.2) is 0 Å². The highest BCUT2D eigenvalue weighted by Crippen LogP contribution is 2.40. The van der Waals surface area contributed by atoms with E-state index >= 15 is 0 Å². The molecule has 0 unspecified atom stereocenters. The molecule has 1 N–H and O–H groups in total. The van der Waals surface area contributed by atoms with Gasteiger partial charge in [-0.3, -0.25) is 4.79 Å². The Hall–Kier alpha value is -2.49. The van der Waals surface area contributed by atoms with E-state index in [4.69, 9.17) is 9.47 Å². The van der Waals surface area contributed by atoms with Crippen LogP contribution in [0.3, 0.4) is 0 Å². The van der Waals surface area contributed by atoms with Gasteiger partial charge >= 0.3 is 0 Å². The Bertz CT molecular complexity index is 775. The highest BCUT2D eigenvalue weighted by Gasteiger charge is 2.21. The lowest BCUT2D eigenvalue weighted by Gasteiger charge is -2.21. The molecule has 1 heterocycles. The van der Waals surface area contributed by atoms with Gasteiger partial charge in [-0.05, 0) is 40.8 Å². The lowest BCUT2D eigenvalue weighted by atomic mass is 9.97. The fraction of sp³-hybridized carbons (Fsp3) is 0.350. The largest absolute Gasteiger partial charge is 0.496 e. The van der Waals surface area contributed by atoms with Gasteiger partial charge in [-0.2, -0.15) is 0 Å². The molecule has 3 rings (SSSR count). The lowest BCUT2D eigenvalue weighted by Crippen LogP contribution is -2.17. The third-order valence-electron chi connectivity index (χ3n) is 3.89. The molecule has 4 heteroatoms. The second-order valence-electron chi connectivity index (χ2n) is 7.28. The Morgan fingerprint density at radius 3 is 2.58 bits per heavy atom. The van der Waals surface area contributed by atoms with Crippen molar-refractivity contribution in [2.24, 2.45) is 5.41 Å². The van der Waals surface area contributed by atoms with Crippen LogP contribution in [-0.4, -0.2) is 19.6 Å². The van der Waals surface area contributed by atoms with E-state index in [-0.39, 0.29) is 11.3 Å². The standard InChI is InChI=1S/C20H23NO3/c1-20(2,3)12-24-17-7-5-6-16(23-4)19(17)13-8-9-15-14(10-13)11-18(22)21-15/h5-10H,11-12H2,1-4H3,(H,21,22). The van der Waals surface area contributed by atoms with E-state index < -0.39 is 0 Å². The molecule has 0 radical (unpaired) electrons. The van der Waals surface area contributed by atoms with Crippen LogP contribution in [0.25, 0.3) is 11.1 Å². The number of nitrogens with one attached hydrogen (secondary N) is 1. The fourth-order valence-corrected chi connectivity index (χ4v) is 2.76. The van der Waals surface area contributed by atoms with Crippen LogP contribution in [0.4, 0.5) is 5.69 Å². The third-order valence-corrected chi connectivity index (χ3v) is 3.89. The number of anilines is 1. The molecule has 0 spiro atoms. The van der Waals surface area contributed by atoms with Crippen molar-refractivity contribution < 1.29 is 14.3 Å². The van der Waals surface area contributed by atoms with Crippen molar-refractivity contribution in [3.63, 3.8) is 0 Å². The maximum atomic E-state index is 11.6. The molecule has 1 aliphatic rings. The Labute approximate surface area is 142 Å². The van der Waals surface area contributed by atoms with Gasteiger partial charge < -0.3 is 14.8 Å². The number of carbonyl (C=O) groups excluding carboxylic acids is 1. The average Bonchev–Trinajstić information content (AvgIpc) is 2.90. The molecule has 4 nitrogen and oxygen atoms in total. The normalized spacial score (nSPS) is 13.4. The van der Waals surface area contributed by atoms with Gasteiger partial charge in [0.1, 0.15) is 11.5 Å². The number of hydrogen-bond acceptors (Lipinski definition) is 3. The highest BCUT2D eigenvalue weighted by atomic mass is 16.5. The van der Waals surface area contributed by atoms with Gasteiger partial charge in [0.25, 0.3) is 0 Å². The van der Waals surface area contributed by atoms with Crippen molar-refractivity contribution in [2.45, 2.75) is 27.2 Å². The van der Waals surface area contributed by atoms with Crippen LogP contribution < -0.4 is 14.8 Å². The minimum absolute atomic E-state index is 0.0337. The number of methoxy groups -OCH3 is 1. The third kappa shape index (κ3) is 3.37. The molecule has 2 aromatic rings. The van der Waals surface area contributed by atoms with E-state index in [0.29, 0.717) is 13.0 Å². The zero-order chi connectivity index (χ0) is 17.3. The summed E-state index contributed by atoms with van der Waals surface area (Å²) in [7, 11) is 1.66. The Morgan fingerprint density at radius 1 is 1.12 bits per heavy atom. The first-order valence-corrected chi connectivity index (χ1v) is 8.10. The topological polar surface area (TPSA) is 47.6 Å². The number of ether oxygens (including phenoxy) is 2. The summed E-state index contributed by atoms with van der Waals surface area (Å²) in [6.45, 7) is 7.02. The van der Waals surface area contributed by atoms with Crippen LogP contribution in [-0.2, 0) is 11.2 Å². The fourth-order valence-electron chi connectivity index (χ4n) is 2.76. The summed E-state index contributed by atoms with van der Waals surface area (Å²) in [6, 6.07) is 11.8. The molecule has 0 fully saturated rings. The summed E-state index contributed by atoms with van der Waals surface area (Å²) in [6.07, 6.45) is 0.413. The Kier molecular flexibility index (Phi) is 4.22. The van der Waals surface area contributed by atoms with Gasteiger partial charge in [0, 0.05) is 5.69 Å². The van der Waals surface area contributed by atoms with E-state index in [1.54, 1.807) is 7.11 Å². The first-order valence-electron chi connectivity index (χ1n) is 8.10. The average molecular weight is 325 g/mol. The van der Waals surface area contributed by atoms with Crippen LogP contribution in [0.1, 0.15) is 26.3 Å². The zero-order valence-corrected chi connectivity index (χ0v) is 14.6. The second-order valence-corrected chi connectivity index (χ2v) is 7.28. The second kappa shape index (κ2) is 6.19. The van der Waals surface area contributed by atoms with Gasteiger partial charge in [0.2, 0.25) is 5.91 Å². The molecule has 0 aliphatic carbocycles. The van der Waals surface area contributed by atoms with Crippen molar-refractivity contribution >= 4 is 11.6 Å². The van der Waals surface area contributed by atoms with Gasteiger partial charge in [0.05, 0.1) is 25.7 Å². The monoisotopic (exact) mass is 325 g/mol. The van der Waals surface area contributed by atoms with E-state index in [1.165, 1.54) is 0 Å². The quantitative estimate of drug-likeness (QED) is 0.912. The minimum atomic E-state index is 0.0337. The van der Waals surface area contributed by atoms with E-state index in [9.17, 15) is 4.79 Å². The maximum Gasteiger partial charge on any atom is 0.228 e. The number of carbonyl (C=O) groups is 1. The summed E-state index contributed by atoms with van der Waals surface area (Å²) in [5.74, 6) is 1.59. The van der Waals surface area contributed by atoms with Gasteiger partial charge in [-0.25, -0.2) is 0 Å². The van der Waals surface area contributed by atoms with Crippen LogP contribution in [0, 0.1) is 5.41 Å². The van der Waals surface area contributed by atoms with Crippen LogP contribution in [0.2, 0.25) is 0 Å². The van der Waals surface area contributed by atoms with Crippen molar-refractivity contribution in [1.82, 2.24) is 0 Å². The van der Waals surface area contributed by atoms with Gasteiger partial charge in [-0.15, -0.1) is 0 Å². The number of hydrogen-bond donors (Lipinski definition) is 1. The van der Waals surface area contributed by atoms with Gasteiger partial charge in [-0.1, -0.05) is 32.9 Å². The van der Waals surface area contributed by atoms with Crippen molar-refractivity contribution in [3.8, 4) is 22.6 Å². The smallest absolute Gasteiger partial charge is 0.228 e. The molecule has 0 bridgehead atoms. The molecular formula is C20H23NO3. The van der Waals surface area contributed by atoms with E-state index in [0.717, 1.165) is 33.9 Å². The molecular weight excluding hydrogens is 302 g/mol. The summed E-state index contributed by atoms with van der Waals surface area (Å²) in [5, 5.41) is 2.86. The van der Waals surface area contributed by atoms with Crippen molar-refractivity contribution in [1.29, 1.82) is 0 Å². The summed E-state index contributed by atoms with van der Waals surface area (Å²) in [5.41, 5.74) is 3.87. The number of fused-ring (bicyclic) bond motifs is 1. The highest BCUT2D eigenvalue weighted by molar-refractivity contribution is 6.00. The predicted octanol–water partition coefficient (Wildman–Crippen LogP) is 4.28. The molecule has 0 saturated carbocycles. The lowest BCUT2D eigenvalue weighted by molar-refractivity contribution is -0.115.